The van der Waals surface area contributed by atoms with Crippen LogP contribution in [0.15, 0.2) is 30.3 Å². The highest BCUT2D eigenvalue weighted by Crippen LogP contribution is 2.21. The summed E-state index contributed by atoms with van der Waals surface area (Å²) in [7, 11) is 0. The highest BCUT2D eigenvalue weighted by atomic mass is 15.0. The summed E-state index contributed by atoms with van der Waals surface area (Å²) in [5.41, 5.74) is 1.53. The molecular formula is C17H21N3. The lowest BCUT2D eigenvalue weighted by molar-refractivity contribution is 0.527. The molecule has 0 aliphatic rings. The van der Waals surface area contributed by atoms with Crippen molar-refractivity contribution in [3.05, 3.63) is 35.9 Å². The van der Waals surface area contributed by atoms with Gasteiger partial charge in [-0.1, -0.05) is 32.0 Å². The Morgan fingerprint density at radius 1 is 1.20 bits per heavy atom. The van der Waals surface area contributed by atoms with Crippen molar-refractivity contribution < 1.29 is 0 Å². The van der Waals surface area contributed by atoms with Gasteiger partial charge in [0.15, 0.2) is 0 Å². The molecule has 1 heterocycles. The Kier molecular flexibility index (Phi) is 4.57. The lowest BCUT2D eigenvalue weighted by Crippen LogP contribution is -2.17. The Morgan fingerprint density at radius 2 is 1.95 bits per heavy atom. The van der Waals surface area contributed by atoms with Crippen LogP contribution in [0, 0.1) is 17.2 Å². The van der Waals surface area contributed by atoms with Gasteiger partial charge in [0.1, 0.15) is 11.9 Å². The Morgan fingerprint density at radius 3 is 2.65 bits per heavy atom. The maximum atomic E-state index is 9.28. The first-order valence-corrected chi connectivity index (χ1v) is 7.16. The van der Waals surface area contributed by atoms with Gasteiger partial charge in [0.2, 0.25) is 0 Å². The third-order valence-corrected chi connectivity index (χ3v) is 3.40. The molecule has 1 atom stereocenters. The number of anilines is 1. The standard InChI is InChI=1S/C17H21N3/c1-12(2)8-9-13(3)19-17-15(11-18)10-14-6-4-5-7-16(14)20-17/h4-7,10,12-13H,8-9H2,1-3H3,(H,19,20). The molecule has 2 rings (SSSR count). The minimum atomic E-state index is 0.318. The van der Waals surface area contributed by atoms with Crippen LogP contribution in [0.1, 0.15) is 39.2 Å². The van der Waals surface area contributed by atoms with Gasteiger partial charge in [-0.15, -0.1) is 0 Å². The Labute approximate surface area is 120 Å². The molecule has 3 heteroatoms. The molecule has 1 unspecified atom stereocenters. The van der Waals surface area contributed by atoms with Crippen LogP contribution in [0.25, 0.3) is 10.9 Å². The summed E-state index contributed by atoms with van der Waals surface area (Å²) in [5.74, 6) is 1.39. The molecule has 0 fully saturated rings. The van der Waals surface area contributed by atoms with Crippen molar-refractivity contribution in [3.63, 3.8) is 0 Å². The van der Waals surface area contributed by atoms with E-state index in [2.05, 4.69) is 37.1 Å². The lowest BCUT2D eigenvalue weighted by atomic mass is 10.0. The zero-order valence-electron chi connectivity index (χ0n) is 12.4. The van der Waals surface area contributed by atoms with Gasteiger partial charge in [0.25, 0.3) is 0 Å². The number of pyridine rings is 1. The van der Waals surface area contributed by atoms with Crippen molar-refractivity contribution in [1.29, 1.82) is 5.26 Å². The van der Waals surface area contributed by atoms with Crippen molar-refractivity contribution in [2.45, 2.75) is 39.7 Å². The highest BCUT2D eigenvalue weighted by molar-refractivity contribution is 5.82. The molecule has 0 radical (unpaired) electrons. The van der Waals surface area contributed by atoms with Crippen molar-refractivity contribution in [2.24, 2.45) is 5.92 Å². The smallest absolute Gasteiger partial charge is 0.144 e. The van der Waals surface area contributed by atoms with Crippen molar-refractivity contribution in [2.75, 3.05) is 5.32 Å². The van der Waals surface area contributed by atoms with Crippen molar-refractivity contribution >= 4 is 16.7 Å². The van der Waals surface area contributed by atoms with Gasteiger partial charge in [-0.2, -0.15) is 5.26 Å². The first-order chi connectivity index (χ1) is 9.60. The zero-order valence-corrected chi connectivity index (χ0v) is 12.4. The molecule has 1 aromatic heterocycles. The summed E-state index contributed by atoms with van der Waals surface area (Å²) < 4.78 is 0. The van der Waals surface area contributed by atoms with E-state index in [0.717, 1.165) is 17.3 Å². The second-order valence-corrected chi connectivity index (χ2v) is 5.71. The van der Waals surface area contributed by atoms with Gasteiger partial charge < -0.3 is 5.32 Å². The van der Waals surface area contributed by atoms with Gasteiger partial charge in [-0.05, 0) is 37.8 Å². The Balaban J connectivity index is 2.22. The van der Waals surface area contributed by atoms with Crippen LogP contribution < -0.4 is 5.32 Å². The van der Waals surface area contributed by atoms with Crippen LogP contribution in [0.2, 0.25) is 0 Å². The van der Waals surface area contributed by atoms with E-state index >= 15 is 0 Å². The summed E-state index contributed by atoms with van der Waals surface area (Å²) in [6.07, 6.45) is 2.25. The number of fused-ring (bicyclic) bond motifs is 1. The highest BCUT2D eigenvalue weighted by Gasteiger charge is 2.10. The third-order valence-electron chi connectivity index (χ3n) is 3.40. The maximum Gasteiger partial charge on any atom is 0.144 e. The second kappa shape index (κ2) is 6.38. The molecule has 1 N–H and O–H groups in total. The molecule has 0 aliphatic carbocycles. The maximum absolute atomic E-state index is 9.28. The summed E-state index contributed by atoms with van der Waals surface area (Å²) in [6, 6.07) is 12.3. The number of nitrogens with one attached hydrogen (secondary N) is 1. The van der Waals surface area contributed by atoms with Gasteiger partial charge >= 0.3 is 0 Å². The molecule has 3 nitrogen and oxygen atoms in total. The Bertz CT molecular complexity index is 626. The van der Waals surface area contributed by atoms with E-state index in [1.807, 2.05) is 30.3 Å². The number of para-hydroxylation sites is 1. The average molecular weight is 267 g/mol. The molecule has 104 valence electrons. The number of rotatable bonds is 5. The summed E-state index contributed by atoms with van der Waals surface area (Å²) in [4.78, 5) is 4.58. The van der Waals surface area contributed by atoms with Crippen LogP contribution in [0.5, 0.6) is 0 Å². The van der Waals surface area contributed by atoms with Crippen LogP contribution >= 0.6 is 0 Å². The van der Waals surface area contributed by atoms with Crippen LogP contribution in [0.4, 0.5) is 5.82 Å². The summed E-state index contributed by atoms with van der Waals surface area (Å²) in [5, 5.41) is 13.7. The summed E-state index contributed by atoms with van der Waals surface area (Å²) in [6.45, 7) is 6.59. The molecule has 20 heavy (non-hydrogen) atoms. The molecule has 0 spiro atoms. The van der Waals surface area contributed by atoms with E-state index in [1.54, 1.807) is 0 Å². The fraction of sp³-hybridized carbons (Fsp3) is 0.412. The largest absolute Gasteiger partial charge is 0.367 e. The van der Waals surface area contributed by atoms with Crippen LogP contribution in [-0.2, 0) is 0 Å². The average Bonchev–Trinajstić information content (AvgIpc) is 2.44. The Hall–Kier alpha value is -2.08. The van der Waals surface area contributed by atoms with Gasteiger partial charge in [-0.3, -0.25) is 0 Å². The molecule has 0 saturated carbocycles. The number of hydrogen-bond acceptors (Lipinski definition) is 3. The first-order valence-electron chi connectivity index (χ1n) is 7.16. The molecule has 0 bridgehead atoms. The fourth-order valence-corrected chi connectivity index (χ4v) is 2.20. The third kappa shape index (κ3) is 3.48. The van der Waals surface area contributed by atoms with Gasteiger partial charge in [0.05, 0.1) is 11.1 Å². The fourth-order valence-electron chi connectivity index (χ4n) is 2.20. The van der Waals surface area contributed by atoms with E-state index in [0.29, 0.717) is 23.3 Å². The number of hydrogen-bond donors (Lipinski definition) is 1. The minimum absolute atomic E-state index is 0.318. The predicted molar refractivity (Wildman–Crippen MR) is 83.6 cm³/mol. The SMILES string of the molecule is CC(C)CCC(C)Nc1nc2ccccc2cc1C#N. The molecule has 0 aliphatic heterocycles. The normalized spacial score (nSPS) is 12.3. The van der Waals surface area contributed by atoms with Crippen molar-refractivity contribution in [3.8, 4) is 6.07 Å². The number of nitrogens with zero attached hydrogens (tertiary/aromatic N) is 2. The predicted octanol–water partition coefficient (Wildman–Crippen LogP) is 4.34. The lowest BCUT2D eigenvalue weighted by Gasteiger charge is -2.17. The molecule has 1 aromatic carbocycles. The number of nitriles is 1. The van der Waals surface area contributed by atoms with E-state index in [-0.39, 0.29) is 0 Å². The number of aromatic nitrogens is 1. The van der Waals surface area contributed by atoms with Crippen LogP contribution in [0.3, 0.4) is 0 Å². The molecular weight excluding hydrogens is 246 g/mol. The van der Waals surface area contributed by atoms with E-state index in [9.17, 15) is 5.26 Å². The minimum Gasteiger partial charge on any atom is -0.367 e. The monoisotopic (exact) mass is 267 g/mol. The summed E-state index contributed by atoms with van der Waals surface area (Å²) >= 11 is 0. The zero-order chi connectivity index (χ0) is 14.5. The molecule has 0 amide bonds. The van der Waals surface area contributed by atoms with Gasteiger partial charge in [-0.25, -0.2) is 4.98 Å². The molecule has 2 aromatic rings. The van der Waals surface area contributed by atoms with E-state index in [4.69, 9.17) is 0 Å². The van der Waals surface area contributed by atoms with Crippen LogP contribution in [-0.4, -0.2) is 11.0 Å². The quantitative estimate of drug-likeness (QED) is 0.876. The topological polar surface area (TPSA) is 48.7 Å². The van der Waals surface area contributed by atoms with Gasteiger partial charge in [0, 0.05) is 11.4 Å². The first kappa shape index (κ1) is 14.3. The van der Waals surface area contributed by atoms with Crippen molar-refractivity contribution in [1.82, 2.24) is 4.98 Å². The van der Waals surface area contributed by atoms with E-state index < -0.39 is 0 Å². The number of benzene rings is 1. The second-order valence-electron chi connectivity index (χ2n) is 5.71. The van der Waals surface area contributed by atoms with E-state index in [1.165, 1.54) is 6.42 Å². The molecule has 0 saturated heterocycles.